The molecule has 0 aromatic rings. The second-order valence-electron chi connectivity index (χ2n) is 4.21. The predicted molar refractivity (Wildman–Crippen MR) is 56.7 cm³/mol. The summed E-state index contributed by atoms with van der Waals surface area (Å²) in [6.07, 6.45) is 2.39. The molecule has 0 aromatic carbocycles. The summed E-state index contributed by atoms with van der Waals surface area (Å²) in [5.74, 6) is 0. The van der Waals surface area contributed by atoms with Gasteiger partial charge in [-0.3, -0.25) is 0 Å². The van der Waals surface area contributed by atoms with Crippen LogP contribution in [0.3, 0.4) is 0 Å². The zero-order valence-electron chi connectivity index (χ0n) is 9.34. The minimum Gasteiger partial charge on any atom is -0.391 e. The molecule has 0 saturated carbocycles. The Bertz CT molecular complexity index is 115. The van der Waals surface area contributed by atoms with Gasteiger partial charge in [0.25, 0.3) is 0 Å². The molecule has 3 nitrogen and oxygen atoms in total. The highest BCUT2D eigenvalue weighted by molar-refractivity contribution is 4.45. The lowest BCUT2D eigenvalue weighted by molar-refractivity contribution is -0.890. The van der Waals surface area contributed by atoms with Crippen molar-refractivity contribution in [2.45, 2.75) is 19.8 Å². The number of aliphatic hydroxyl groups excluding tert-OH is 1. The van der Waals surface area contributed by atoms with Gasteiger partial charge in [-0.15, -0.1) is 0 Å². The highest BCUT2D eigenvalue weighted by Gasteiger charge is 2.12. The van der Waals surface area contributed by atoms with Gasteiger partial charge in [-0.25, -0.2) is 0 Å². The first-order valence-electron chi connectivity index (χ1n) is 5.26. The molecule has 0 aromatic heterocycles. The van der Waals surface area contributed by atoms with Crippen molar-refractivity contribution in [1.82, 2.24) is 5.32 Å². The first-order chi connectivity index (χ1) is 6.12. The Balaban J connectivity index is 3.29. The zero-order valence-corrected chi connectivity index (χ0v) is 9.34. The minimum atomic E-state index is 0.287. The summed E-state index contributed by atoms with van der Waals surface area (Å²) in [7, 11) is 4.33. The van der Waals surface area contributed by atoms with Gasteiger partial charge in [0, 0.05) is 13.0 Å². The number of quaternary nitrogens is 1. The van der Waals surface area contributed by atoms with Crippen molar-refractivity contribution in [3.8, 4) is 0 Å². The van der Waals surface area contributed by atoms with E-state index in [0.717, 1.165) is 30.7 Å². The van der Waals surface area contributed by atoms with E-state index in [1.54, 1.807) is 0 Å². The molecule has 0 amide bonds. The molecule has 3 heteroatoms. The number of aliphatic hydroxyl groups is 1. The quantitative estimate of drug-likeness (QED) is 0.429. The smallest absolute Gasteiger partial charge is 0.102 e. The van der Waals surface area contributed by atoms with Gasteiger partial charge in [-0.05, 0) is 13.0 Å². The molecule has 2 N–H and O–H groups in total. The molecular formula is C10H25N2O+. The van der Waals surface area contributed by atoms with E-state index >= 15 is 0 Å². The topological polar surface area (TPSA) is 32.3 Å². The molecule has 0 fully saturated rings. The Labute approximate surface area is 82.3 Å². The summed E-state index contributed by atoms with van der Waals surface area (Å²) in [4.78, 5) is 0. The molecule has 0 rings (SSSR count). The molecule has 80 valence electrons. The fourth-order valence-corrected chi connectivity index (χ4v) is 1.32. The summed E-state index contributed by atoms with van der Waals surface area (Å²) in [5, 5.41) is 12.2. The van der Waals surface area contributed by atoms with Crippen LogP contribution < -0.4 is 5.32 Å². The second-order valence-corrected chi connectivity index (χ2v) is 4.21. The SMILES string of the molecule is CCCNCCC[N+](C)(C)CCO. The number of hydrogen-bond acceptors (Lipinski definition) is 2. The normalized spacial score (nSPS) is 12.0. The van der Waals surface area contributed by atoms with Crippen LogP contribution in [-0.4, -0.2) is 56.5 Å². The van der Waals surface area contributed by atoms with Crippen molar-refractivity contribution >= 4 is 0 Å². The van der Waals surface area contributed by atoms with Crippen molar-refractivity contribution in [2.24, 2.45) is 0 Å². The Morgan fingerprint density at radius 1 is 1.15 bits per heavy atom. The Morgan fingerprint density at radius 2 is 1.85 bits per heavy atom. The summed E-state index contributed by atoms with van der Waals surface area (Å²) in [6, 6.07) is 0. The average Bonchev–Trinajstić information content (AvgIpc) is 2.04. The summed E-state index contributed by atoms with van der Waals surface area (Å²) >= 11 is 0. The molecular weight excluding hydrogens is 164 g/mol. The monoisotopic (exact) mass is 189 g/mol. The van der Waals surface area contributed by atoms with E-state index in [2.05, 4.69) is 26.3 Å². The standard InChI is InChI=1S/C10H25N2O/c1-4-6-11-7-5-8-12(2,3)9-10-13/h11,13H,4-10H2,1-3H3/q+1. The summed E-state index contributed by atoms with van der Waals surface area (Å²) < 4.78 is 0.921. The summed E-state index contributed by atoms with van der Waals surface area (Å²) in [6.45, 7) is 6.67. The van der Waals surface area contributed by atoms with Crippen LogP contribution in [0.4, 0.5) is 0 Å². The Kier molecular flexibility index (Phi) is 7.23. The average molecular weight is 189 g/mol. The highest BCUT2D eigenvalue weighted by atomic mass is 16.3. The van der Waals surface area contributed by atoms with Gasteiger partial charge < -0.3 is 14.9 Å². The minimum absolute atomic E-state index is 0.287. The van der Waals surface area contributed by atoms with Gasteiger partial charge in [0.2, 0.25) is 0 Å². The highest BCUT2D eigenvalue weighted by Crippen LogP contribution is 1.97. The van der Waals surface area contributed by atoms with E-state index in [0.29, 0.717) is 0 Å². The second kappa shape index (κ2) is 7.30. The zero-order chi connectivity index (χ0) is 10.2. The lowest BCUT2D eigenvalue weighted by Crippen LogP contribution is -2.43. The lowest BCUT2D eigenvalue weighted by Gasteiger charge is -2.28. The molecule has 0 saturated heterocycles. The van der Waals surface area contributed by atoms with Gasteiger partial charge in [0.05, 0.1) is 27.2 Å². The van der Waals surface area contributed by atoms with Crippen molar-refractivity contribution in [1.29, 1.82) is 0 Å². The fourth-order valence-electron chi connectivity index (χ4n) is 1.32. The van der Waals surface area contributed by atoms with E-state index in [1.165, 1.54) is 12.8 Å². The third-order valence-corrected chi connectivity index (χ3v) is 2.25. The largest absolute Gasteiger partial charge is 0.391 e. The van der Waals surface area contributed by atoms with Gasteiger partial charge >= 0.3 is 0 Å². The van der Waals surface area contributed by atoms with E-state index in [4.69, 9.17) is 5.11 Å². The molecule has 0 aliphatic heterocycles. The van der Waals surface area contributed by atoms with Crippen LogP contribution in [0.5, 0.6) is 0 Å². The van der Waals surface area contributed by atoms with Crippen molar-refractivity contribution < 1.29 is 9.59 Å². The van der Waals surface area contributed by atoms with Gasteiger partial charge in [0.15, 0.2) is 0 Å². The van der Waals surface area contributed by atoms with E-state index in [-0.39, 0.29) is 6.61 Å². The molecule has 13 heavy (non-hydrogen) atoms. The Hall–Kier alpha value is -0.120. The maximum atomic E-state index is 8.81. The van der Waals surface area contributed by atoms with E-state index in [1.807, 2.05) is 0 Å². The molecule has 0 unspecified atom stereocenters. The van der Waals surface area contributed by atoms with Gasteiger partial charge in [0.1, 0.15) is 6.54 Å². The number of likely N-dealkylation sites (N-methyl/N-ethyl adjacent to an activating group) is 1. The van der Waals surface area contributed by atoms with Crippen LogP contribution in [0.2, 0.25) is 0 Å². The third kappa shape index (κ3) is 8.22. The van der Waals surface area contributed by atoms with Crippen LogP contribution in [0.25, 0.3) is 0 Å². The maximum Gasteiger partial charge on any atom is 0.102 e. The maximum absolute atomic E-state index is 8.81. The molecule has 0 aliphatic rings. The fraction of sp³-hybridized carbons (Fsp3) is 1.00. The number of nitrogens with zero attached hydrogens (tertiary/aromatic N) is 1. The van der Waals surface area contributed by atoms with Gasteiger partial charge in [-0.1, -0.05) is 6.92 Å². The molecule has 0 aliphatic carbocycles. The van der Waals surface area contributed by atoms with Crippen LogP contribution in [-0.2, 0) is 0 Å². The van der Waals surface area contributed by atoms with Crippen LogP contribution in [0, 0.1) is 0 Å². The first kappa shape index (κ1) is 12.9. The number of rotatable bonds is 8. The molecule has 0 radical (unpaired) electrons. The van der Waals surface area contributed by atoms with Crippen LogP contribution >= 0.6 is 0 Å². The molecule has 0 heterocycles. The van der Waals surface area contributed by atoms with Crippen molar-refractivity contribution in [2.75, 3.05) is 46.9 Å². The molecule has 0 bridgehead atoms. The Morgan fingerprint density at radius 3 is 2.38 bits per heavy atom. The van der Waals surface area contributed by atoms with Crippen molar-refractivity contribution in [3.05, 3.63) is 0 Å². The van der Waals surface area contributed by atoms with Crippen molar-refractivity contribution in [3.63, 3.8) is 0 Å². The van der Waals surface area contributed by atoms with Gasteiger partial charge in [-0.2, -0.15) is 0 Å². The van der Waals surface area contributed by atoms with E-state index < -0.39 is 0 Å². The summed E-state index contributed by atoms with van der Waals surface area (Å²) in [5.41, 5.74) is 0. The number of nitrogens with one attached hydrogen (secondary N) is 1. The third-order valence-electron chi connectivity index (χ3n) is 2.25. The number of hydrogen-bond donors (Lipinski definition) is 2. The van der Waals surface area contributed by atoms with Crippen LogP contribution in [0.15, 0.2) is 0 Å². The first-order valence-corrected chi connectivity index (χ1v) is 5.26. The predicted octanol–water partition coefficient (Wildman–Crippen LogP) is 0.445. The molecule has 0 spiro atoms. The molecule has 0 atom stereocenters. The van der Waals surface area contributed by atoms with E-state index in [9.17, 15) is 0 Å². The van der Waals surface area contributed by atoms with Crippen LogP contribution in [0.1, 0.15) is 19.8 Å². The lowest BCUT2D eigenvalue weighted by atomic mass is 10.3.